The molecule has 0 bridgehead atoms. The van der Waals surface area contributed by atoms with Crippen LogP contribution in [0.5, 0.6) is 0 Å². The van der Waals surface area contributed by atoms with E-state index < -0.39 is 7.60 Å². The fourth-order valence-corrected chi connectivity index (χ4v) is 3.92. The maximum Gasteiger partial charge on any atom is 0.332 e. The van der Waals surface area contributed by atoms with Crippen LogP contribution in [-0.2, 0) is 20.2 Å². The number of hydrogen-bond acceptors (Lipinski definition) is 3. The first-order valence-electron chi connectivity index (χ1n) is 6.70. The molecule has 1 aromatic carbocycles. The molecule has 1 aromatic heterocycles. The predicted molar refractivity (Wildman–Crippen MR) is 82.7 cm³/mol. The molecule has 2 rings (SSSR count). The number of benzene rings is 1. The smallest absolute Gasteiger partial charge is 0.332 e. The summed E-state index contributed by atoms with van der Waals surface area (Å²) in [5.74, 6) is 0. The molecule has 0 aliphatic heterocycles. The van der Waals surface area contributed by atoms with Gasteiger partial charge in [-0.05, 0) is 38.1 Å². The highest BCUT2D eigenvalue weighted by Gasteiger charge is 2.23. The molecule has 4 nitrogen and oxygen atoms in total. The first-order chi connectivity index (χ1) is 9.58. The molecule has 0 radical (unpaired) electrons. The second-order valence-electron chi connectivity index (χ2n) is 4.38. The van der Waals surface area contributed by atoms with Crippen molar-refractivity contribution in [3.8, 4) is 0 Å². The quantitative estimate of drug-likeness (QED) is 0.703. The predicted octanol–water partition coefficient (Wildman–Crippen LogP) is 4.56. The zero-order valence-electron chi connectivity index (χ0n) is 11.7. The summed E-state index contributed by atoms with van der Waals surface area (Å²) in [4.78, 5) is 0. The van der Waals surface area contributed by atoms with Gasteiger partial charge in [0.15, 0.2) is 0 Å². The van der Waals surface area contributed by atoms with Crippen LogP contribution in [0.2, 0.25) is 5.02 Å². The van der Waals surface area contributed by atoms with Crippen LogP contribution in [0.15, 0.2) is 30.5 Å². The average Bonchev–Trinajstić information content (AvgIpc) is 2.79. The lowest BCUT2D eigenvalue weighted by Crippen LogP contribution is -2.06. The monoisotopic (exact) mass is 315 g/mol. The van der Waals surface area contributed by atoms with E-state index in [1.807, 2.05) is 48.9 Å². The molecule has 1 heterocycles. The van der Waals surface area contributed by atoms with Gasteiger partial charge in [0.05, 0.1) is 19.4 Å². The van der Waals surface area contributed by atoms with Crippen molar-refractivity contribution in [3.63, 3.8) is 0 Å². The molecule has 20 heavy (non-hydrogen) atoms. The molecular formula is C14H19ClNO3P. The van der Waals surface area contributed by atoms with Crippen molar-refractivity contribution in [1.82, 2.24) is 4.57 Å². The highest BCUT2D eigenvalue weighted by atomic mass is 35.5. The third-order valence-corrected chi connectivity index (χ3v) is 5.29. The molecule has 0 aliphatic rings. The standard InChI is InChI=1S/C14H19ClNO3P/c1-3-18-20(17,19-4-2)10-9-16-8-7-12-11-13(15)5-6-14(12)16/h5-8,11H,3-4,9-10H2,1-2H3. The SMILES string of the molecule is CCOP(=O)(CCn1ccc2cc(Cl)ccc21)OCC. The van der Waals surface area contributed by atoms with E-state index in [9.17, 15) is 4.57 Å². The topological polar surface area (TPSA) is 40.5 Å². The number of rotatable bonds is 7. The lowest BCUT2D eigenvalue weighted by atomic mass is 10.2. The van der Waals surface area contributed by atoms with Gasteiger partial charge in [-0.1, -0.05) is 11.6 Å². The molecule has 0 atom stereocenters. The fraction of sp³-hybridized carbons (Fsp3) is 0.429. The molecule has 0 saturated heterocycles. The van der Waals surface area contributed by atoms with Crippen LogP contribution in [0.1, 0.15) is 13.8 Å². The Labute approximate surface area is 124 Å². The zero-order valence-corrected chi connectivity index (χ0v) is 13.4. The highest BCUT2D eigenvalue weighted by molar-refractivity contribution is 7.53. The lowest BCUT2D eigenvalue weighted by molar-refractivity contribution is 0.219. The minimum atomic E-state index is -2.99. The normalized spacial score (nSPS) is 12.2. The van der Waals surface area contributed by atoms with Gasteiger partial charge in [0.25, 0.3) is 0 Å². The van der Waals surface area contributed by atoms with Gasteiger partial charge in [-0.2, -0.15) is 0 Å². The molecule has 2 aromatic rings. The highest BCUT2D eigenvalue weighted by Crippen LogP contribution is 2.48. The summed E-state index contributed by atoms with van der Waals surface area (Å²) in [6.07, 6.45) is 2.32. The summed E-state index contributed by atoms with van der Waals surface area (Å²) in [5, 5.41) is 1.78. The van der Waals surface area contributed by atoms with Crippen LogP contribution in [-0.4, -0.2) is 23.9 Å². The largest absolute Gasteiger partial charge is 0.347 e. The van der Waals surface area contributed by atoms with Crippen molar-refractivity contribution in [2.24, 2.45) is 0 Å². The second kappa shape index (κ2) is 6.77. The Morgan fingerprint density at radius 2 is 1.90 bits per heavy atom. The van der Waals surface area contributed by atoms with Gasteiger partial charge in [0.1, 0.15) is 0 Å². The molecule has 0 saturated carbocycles. The Hall–Kier alpha value is -0.800. The van der Waals surface area contributed by atoms with Gasteiger partial charge in [-0.3, -0.25) is 4.57 Å². The number of hydrogen-bond donors (Lipinski definition) is 0. The maximum atomic E-state index is 12.4. The van der Waals surface area contributed by atoms with Gasteiger partial charge in [-0.15, -0.1) is 0 Å². The summed E-state index contributed by atoms with van der Waals surface area (Å²) in [6, 6.07) is 7.72. The molecule has 0 unspecified atom stereocenters. The van der Waals surface area contributed by atoms with Crippen molar-refractivity contribution in [1.29, 1.82) is 0 Å². The van der Waals surface area contributed by atoms with Gasteiger partial charge < -0.3 is 13.6 Å². The van der Waals surface area contributed by atoms with Crippen LogP contribution >= 0.6 is 19.2 Å². The van der Waals surface area contributed by atoms with Crippen LogP contribution in [0.25, 0.3) is 10.9 Å². The number of aryl methyl sites for hydroxylation is 1. The number of fused-ring (bicyclic) bond motifs is 1. The molecule has 0 N–H and O–H groups in total. The van der Waals surface area contributed by atoms with Crippen LogP contribution in [0.3, 0.4) is 0 Å². The van der Waals surface area contributed by atoms with E-state index >= 15 is 0 Å². The Morgan fingerprint density at radius 1 is 1.20 bits per heavy atom. The minimum Gasteiger partial charge on any atom is -0.347 e. The van der Waals surface area contributed by atoms with Gasteiger partial charge in [-0.25, -0.2) is 0 Å². The summed E-state index contributed by atoms with van der Waals surface area (Å²) >= 11 is 5.97. The summed E-state index contributed by atoms with van der Waals surface area (Å²) in [5.41, 5.74) is 1.06. The Balaban J connectivity index is 2.14. The maximum absolute atomic E-state index is 12.4. The zero-order chi connectivity index (χ0) is 14.6. The van der Waals surface area contributed by atoms with Crippen molar-refractivity contribution in [2.45, 2.75) is 20.4 Å². The number of aromatic nitrogens is 1. The Bertz CT molecular complexity index is 616. The summed E-state index contributed by atoms with van der Waals surface area (Å²) < 4.78 is 25.1. The van der Waals surface area contributed by atoms with E-state index in [2.05, 4.69) is 0 Å². The van der Waals surface area contributed by atoms with E-state index in [0.29, 0.717) is 30.9 Å². The van der Waals surface area contributed by atoms with Gasteiger partial charge in [0.2, 0.25) is 0 Å². The minimum absolute atomic E-state index is 0.362. The Kier molecular flexibility index (Phi) is 5.28. The van der Waals surface area contributed by atoms with Crippen LogP contribution < -0.4 is 0 Å². The van der Waals surface area contributed by atoms with E-state index in [1.165, 1.54) is 0 Å². The molecule has 0 fully saturated rings. The second-order valence-corrected chi connectivity index (χ2v) is 7.00. The lowest BCUT2D eigenvalue weighted by Gasteiger charge is -2.17. The molecule has 0 aliphatic carbocycles. The third kappa shape index (κ3) is 3.64. The summed E-state index contributed by atoms with van der Waals surface area (Å²) in [7, 11) is -2.99. The molecule has 110 valence electrons. The molecular weight excluding hydrogens is 297 g/mol. The first-order valence-corrected chi connectivity index (χ1v) is 8.81. The first kappa shape index (κ1) is 15.6. The van der Waals surface area contributed by atoms with Crippen molar-refractivity contribution < 1.29 is 13.6 Å². The van der Waals surface area contributed by atoms with Crippen molar-refractivity contribution in [3.05, 3.63) is 35.5 Å². The van der Waals surface area contributed by atoms with E-state index in [0.717, 1.165) is 10.9 Å². The van der Waals surface area contributed by atoms with Crippen LogP contribution in [0.4, 0.5) is 0 Å². The molecule has 0 spiro atoms. The van der Waals surface area contributed by atoms with E-state index in [4.69, 9.17) is 20.6 Å². The van der Waals surface area contributed by atoms with Gasteiger partial charge >= 0.3 is 7.60 Å². The Morgan fingerprint density at radius 3 is 2.55 bits per heavy atom. The molecule has 0 amide bonds. The number of nitrogens with zero attached hydrogens (tertiary/aromatic N) is 1. The van der Waals surface area contributed by atoms with E-state index in [-0.39, 0.29) is 0 Å². The van der Waals surface area contributed by atoms with Gasteiger partial charge in [0, 0.05) is 28.7 Å². The average molecular weight is 316 g/mol. The summed E-state index contributed by atoms with van der Waals surface area (Å²) in [6.45, 7) is 5.00. The molecule has 6 heteroatoms. The fourth-order valence-electron chi connectivity index (χ4n) is 2.16. The van der Waals surface area contributed by atoms with Crippen LogP contribution in [0, 0.1) is 0 Å². The van der Waals surface area contributed by atoms with Crippen molar-refractivity contribution >= 4 is 30.1 Å². The van der Waals surface area contributed by atoms with Crippen molar-refractivity contribution in [2.75, 3.05) is 19.4 Å². The third-order valence-electron chi connectivity index (χ3n) is 3.00. The number of halogens is 1. The van der Waals surface area contributed by atoms with E-state index in [1.54, 1.807) is 0 Å².